The molecule has 1 rings (SSSR count). The van der Waals surface area contributed by atoms with Crippen LogP contribution in [-0.2, 0) is 9.53 Å². The van der Waals surface area contributed by atoms with Crippen molar-refractivity contribution in [2.24, 2.45) is 5.73 Å². The summed E-state index contributed by atoms with van der Waals surface area (Å²) >= 11 is 0. The van der Waals surface area contributed by atoms with Crippen molar-refractivity contribution in [1.29, 1.82) is 0 Å². The molecule has 1 aliphatic heterocycles. The molecule has 0 aliphatic carbocycles. The molecule has 1 aliphatic rings. The number of amides is 1. The predicted molar refractivity (Wildman–Crippen MR) is 76.9 cm³/mol. The summed E-state index contributed by atoms with van der Waals surface area (Å²) in [6, 6.07) is 0.950. The van der Waals surface area contributed by atoms with Crippen molar-refractivity contribution >= 4 is 5.91 Å². The van der Waals surface area contributed by atoms with Gasteiger partial charge in [-0.05, 0) is 47.6 Å². The first-order valence-corrected chi connectivity index (χ1v) is 7.13. The van der Waals surface area contributed by atoms with Crippen LogP contribution < -0.4 is 11.1 Å². The Labute approximate surface area is 116 Å². The number of hydrogen-bond acceptors (Lipinski definition) is 4. The maximum Gasteiger partial charge on any atom is 0.237 e. The number of primary amides is 1. The van der Waals surface area contributed by atoms with Crippen LogP contribution in [0.25, 0.3) is 0 Å². The van der Waals surface area contributed by atoms with Gasteiger partial charge >= 0.3 is 0 Å². The standard InChI is InChI=1S/C14H29N3O2/c1-10(2)16-14(4,13(15)18)8-11(3)17(5)12-6-7-19-9-12/h10-12,16H,6-9H2,1-5H3,(H2,15,18). The summed E-state index contributed by atoms with van der Waals surface area (Å²) in [5.74, 6) is -0.288. The molecular formula is C14H29N3O2. The maximum absolute atomic E-state index is 11.8. The Morgan fingerprint density at radius 2 is 2.16 bits per heavy atom. The van der Waals surface area contributed by atoms with E-state index in [1.165, 1.54) is 0 Å². The molecule has 0 aromatic carbocycles. The molecule has 19 heavy (non-hydrogen) atoms. The Morgan fingerprint density at radius 3 is 2.58 bits per heavy atom. The first-order valence-electron chi connectivity index (χ1n) is 7.13. The van der Waals surface area contributed by atoms with E-state index in [4.69, 9.17) is 10.5 Å². The van der Waals surface area contributed by atoms with Crippen molar-refractivity contribution in [3.8, 4) is 0 Å². The van der Waals surface area contributed by atoms with Gasteiger partial charge in [0.2, 0.25) is 5.91 Å². The Kier molecular flexibility index (Phi) is 5.77. The van der Waals surface area contributed by atoms with E-state index in [2.05, 4.69) is 24.2 Å². The van der Waals surface area contributed by atoms with Crippen LogP contribution >= 0.6 is 0 Å². The van der Waals surface area contributed by atoms with Crippen molar-refractivity contribution in [2.75, 3.05) is 20.3 Å². The minimum atomic E-state index is -0.665. The molecule has 0 saturated carbocycles. The van der Waals surface area contributed by atoms with Gasteiger partial charge in [-0.1, -0.05) is 0 Å². The van der Waals surface area contributed by atoms with Gasteiger partial charge in [0.1, 0.15) is 0 Å². The number of likely N-dealkylation sites (N-methyl/N-ethyl adjacent to an activating group) is 1. The van der Waals surface area contributed by atoms with E-state index >= 15 is 0 Å². The number of nitrogens with two attached hydrogens (primary N) is 1. The Hall–Kier alpha value is -0.650. The number of carbonyl (C=O) groups is 1. The molecule has 5 heteroatoms. The zero-order valence-corrected chi connectivity index (χ0v) is 12.9. The topological polar surface area (TPSA) is 67.6 Å². The Bertz CT molecular complexity index is 303. The summed E-state index contributed by atoms with van der Waals surface area (Å²) < 4.78 is 5.42. The lowest BCUT2D eigenvalue weighted by molar-refractivity contribution is -0.125. The Morgan fingerprint density at radius 1 is 1.53 bits per heavy atom. The van der Waals surface area contributed by atoms with E-state index in [9.17, 15) is 4.79 Å². The molecule has 3 unspecified atom stereocenters. The molecule has 1 fully saturated rings. The van der Waals surface area contributed by atoms with Crippen molar-refractivity contribution in [1.82, 2.24) is 10.2 Å². The molecule has 1 amide bonds. The second kappa shape index (κ2) is 6.68. The molecule has 0 bridgehead atoms. The van der Waals surface area contributed by atoms with E-state index in [-0.39, 0.29) is 18.0 Å². The Balaban J connectivity index is 2.64. The van der Waals surface area contributed by atoms with E-state index in [1.54, 1.807) is 0 Å². The fourth-order valence-corrected chi connectivity index (χ4v) is 2.81. The van der Waals surface area contributed by atoms with Crippen LogP contribution in [0.1, 0.15) is 40.5 Å². The highest BCUT2D eigenvalue weighted by Gasteiger charge is 2.35. The number of nitrogens with zero attached hydrogens (tertiary/aromatic N) is 1. The lowest BCUT2D eigenvalue weighted by Crippen LogP contribution is -2.58. The number of nitrogens with one attached hydrogen (secondary N) is 1. The first kappa shape index (κ1) is 16.4. The van der Waals surface area contributed by atoms with Crippen molar-refractivity contribution in [2.45, 2.75) is 64.2 Å². The van der Waals surface area contributed by atoms with Crippen LogP contribution in [0, 0.1) is 0 Å². The van der Waals surface area contributed by atoms with Crippen molar-refractivity contribution in [3.05, 3.63) is 0 Å². The van der Waals surface area contributed by atoms with Gasteiger partial charge in [0.25, 0.3) is 0 Å². The van der Waals surface area contributed by atoms with Gasteiger partial charge in [-0.25, -0.2) is 0 Å². The van der Waals surface area contributed by atoms with Crippen LogP contribution in [0.2, 0.25) is 0 Å². The highest BCUT2D eigenvalue weighted by atomic mass is 16.5. The molecular weight excluding hydrogens is 242 g/mol. The smallest absolute Gasteiger partial charge is 0.237 e. The highest BCUT2D eigenvalue weighted by Crippen LogP contribution is 2.20. The minimum absolute atomic E-state index is 0.227. The summed E-state index contributed by atoms with van der Waals surface area (Å²) in [6.45, 7) is 9.71. The van der Waals surface area contributed by atoms with Gasteiger partial charge in [-0.2, -0.15) is 0 Å². The number of hydrogen-bond donors (Lipinski definition) is 2. The van der Waals surface area contributed by atoms with Gasteiger partial charge in [-0.15, -0.1) is 0 Å². The molecule has 5 nitrogen and oxygen atoms in total. The third-order valence-electron chi connectivity index (χ3n) is 4.03. The van der Waals surface area contributed by atoms with Crippen LogP contribution in [0.5, 0.6) is 0 Å². The quantitative estimate of drug-likeness (QED) is 0.716. The fourth-order valence-electron chi connectivity index (χ4n) is 2.81. The van der Waals surface area contributed by atoms with Crippen molar-refractivity contribution in [3.63, 3.8) is 0 Å². The zero-order valence-electron chi connectivity index (χ0n) is 12.9. The fraction of sp³-hybridized carbons (Fsp3) is 0.929. The van der Waals surface area contributed by atoms with Crippen LogP contribution in [0.4, 0.5) is 0 Å². The molecule has 1 saturated heterocycles. The summed E-state index contributed by atoms with van der Waals surface area (Å²) in [5.41, 5.74) is 4.91. The van der Waals surface area contributed by atoms with Crippen LogP contribution in [0.3, 0.4) is 0 Å². The number of rotatable bonds is 7. The van der Waals surface area contributed by atoms with Gasteiger partial charge in [0, 0.05) is 24.7 Å². The van der Waals surface area contributed by atoms with Gasteiger partial charge in [0.15, 0.2) is 0 Å². The lowest BCUT2D eigenvalue weighted by Gasteiger charge is -2.37. The number of ether oxygens (including phenoxy) is 1. The molecule has 0 aromatic heterocycles. The van der Waals surface area contributed by atoms with E-state index in [0.717, 1.165) is 19.6 Å². The largest absolute Gasteiger partial charge is 0.380 e. The normalized spacial score (nSPS) is 24.7. The van der Waals surface area contributed by atoms with Gasteiger partial charge in [-0.3, -0.25) is 9.69 Å². The molecule has 0 aromatic rings. The maximum atomic E-state index is 11.8. The highest BCUT2D eigenvalue weighted by molar-refractivity contribution is 5.84. The summed E-state index contributed by atoms with van der Waals surface area (Å²) in [7, 11) is 2.10. The third-order valence-corrected chi connectivity index (χ3v) is 4.03. The monoisotopic (exact) mass is 271 g/mol. The molecule has 3 atom stereocenters. The van der Waals surface area contributed by atoms with Crippen LogP contribution in [0.15, 0.2) is 0 Å². The molecule has 112 valence electrons. The summed E-state index contributed by atoms with van der Waals surface area (Å²) in [4.78, 5) is 14.1. The minimum Gasteiger partial charge on any atom is -0.380 e. The van der Waals surface area contributed by atoms with E-state index in [0.29, 0.717) is 12.5 Å². The second-order valence-corrected chi connectivity index (χ2v) is 6.23. The predicted octanol–water partition coefficient (Wildman–Crippen LogP) is 0.728. The first-order chi connectivity index (χ1) is 8.76. The third kappa shape index (κ3) is 4.44. The van der Waals surface area contributed by atoms with Gasteiger partial charge in [0.05, 0.1) is 12.1 Å². The van der Waals surface area contributed by atoms with Gasteiger partial charge < -0.3 is 15.8 Å². The number of carbonyl (C=O) groups excluding carboxylic acids is 1. The molecule has 3 N–H and O–H groups in total. The van der Waals surface area contributed by atoms with E-state index < -0.39 is 5.54 Å². The molecule has 0 radical (unpaired) electrons. The van der Waals surface area contributed by atoms with Crippen molar-refractivity contribution < 1.29 is 9.53 Å². The second-order valence-electron chi connectivity index (χ2n) is 6.23. The van der Waals surface area contributed by atoms with E-state index in [1.807, 2.05) is 20.8 Å². The molecule has 0 spiro atoms. The summed E-state index contributed by atoms with van der Waals surface area (Å²) in [5, 5.41) is 3.30. The average molecular weight is 271 g/mol. The zero-order chi connectivity index (χ0) is 14.6. The lowest BCUT2D eigenvalue weighted by atomic mass is 9.90. The SMILES string of the molecule is CC(C)NC(C)(CC(C)N(C)C1CCOC1)C(N)=O. The average Bonchev–Trinajstić information content (AvgIpc) is 2.79. The molecule has 1 heterocycles. The summed E-state index contributed by atoms with van der Waals surface area (Å²) in [6.07, 6.45) is 1.76. The van der Waals surface area contributed by atoms with Crippen LogP contribution in [-0.4, -0.2) is 54.7 Å².